The van der Waals surface area contributed by atoms with E-state index in [9.17, 15) is 8.42 Å². The Bertz CT molecular complexity index is 916. The van der Waals surface area contributed by atoms with Crippen LogP contribution in [0.5, 0.6) is 0 Å². The normalized spacial score (nSPS) is 11.9. The van der Waals surface area contributed by atoms with Gasteiger partial charge in [-0.05, 0) is 19.1 Å². The molecule has 0 amide bonds. The van der Waals surface area contributed by atoms with E-state index < -0.39 is 9.05 Å². The summed E-state index contributed by atoms with van der Waals surface area (Å²) in [7, 11) is 1.45. The quantitative estimate of drug-likeness (QED) is 0.692. The third-order valence-electron chi connectivity index (χ3n) is 3.12. The van der Waals surface area contributed by atoms with Gasteiger partial charge in [-0.3, -0.25) is 9.55 Å². The summed E-state index contributed by atoms with van der Waals surface area (Å²) < 4.78 is 24.6. The van der Waals surface area contributed by atoms with E-state index >= 15 is 0 Å². The number of rotatable bonds is 3. The Balaban J connectivity index is 2.32. The molecule has 0 bridgehead atoms. The molecule has 0 radical (unpaired) electrons. The molecule has 0 saturated heterocycles. The van der Waals surface area contributed by atoms with Crippen LogP contribution in [0.15, 0.2) is 41.7 Å². The first-order valence-electron chi connectivity index (χ1n) is 6.24. The fraction of sp³-hybridized carbons (Fsp3) is 0.154. The molecule has 2 aromatic heterocycles. The lowest BCUT2D eigenvalue weighted by Crippen LogP contribution is -2.06. The molecule has 0 spiro atoms. The maximum Gasteiger partial charge on any atom is 0.296 e. The lowest BCUT2D eigenvalue weighted by molar-refractivity contribution is 0.583. The molecule has 0 fully saturated rings. The largest absolute Gasteiger partial charge is 0.297 e. The summed E-state index contributed by atoms with van der Waals surface area (Å²) in [6.07, 6.45) is 1.68. The van der Waals surface area contributed by atoms with Crippen LogP contribution in [-0.2, 0) is 15.6 Å². The van der Waals surface area contributed by atoms with Crippen molar-refractivity contribution in [3.05, 3.63) is 36.5 Å². The van der Waals surface area contributed by atoms with Crippen molar-refractivity contribution in [1.82, 2.24) is 19.7 Å². The van der Waals surface area contributed by atoms with Gasteiger partial charge in [-0.25, -0.2) is 8.42 Å². The molecule has 0 unspecified atom stereocenters. The molecule has 6 nitrogen and oxygen atoms in total. The number of hydrogen-bond acceptors (Lipinski definition) is 5. The Hall–Kier alpha value is -1.99. The Kier molecular flexibility index (Phi) is 3.38. The van der Waals surface area contributed by atoms with Gasteiger partial charge in [0.05, 0.1) is 5.52 Å². The zero-order valence-corrected chi connectivity index (χ0v) is 12.6. The van der Waals surface area contributed by atoms with Gasteiger partial charge in [-0.15, -0.1) is 10.2 Å². The molecule has 108 valence electrons. The lowest BCUT2D eigenvalue weighted by atomic mass is 10.1. The molecule has 3 aromatic rings. The highest BCUT2D eigenvalue weighted by molar-refractivity contribution is 8.13. The van der Waals surface area contributed by atoms with Crippen LogP contribution in [0, 0.1) is 0 Å². The van der Waals surface area contributed by atoms with Crippen molar-refractivity contribution in [2.75, 3.05) is 0 Å². The second-order valence-corrected chi connectivity index (χ2v) is 6.83. The number of para-hydroxylation sites is 1. The molecule has 0 aliphatic carbocycles. The first-order chi connectivity index (χ1) is 10.0. The van der Waals surface area contributed by atoms with E-state index in [1.165, 1.54) is 4.57 Å². The zero-order chi connectivity index (χ0) is 15.0. The van der Waals surface area contributed by atoms with Crippen LogP contribution in [0.25, 0.3) is 22.3 Å². The Labute approximate surface area is 125 Å². The monoisotopic (exact) mass is 322 g/mol. The van der Waals surface area contributed by atoms with Crippen LogP contribution in [0.4, 0.5) is 0 Å². The summed E-state index contributed by atoms with van der Waals surface area (Å²) in [6.45, 7) is 2.18. The molecule has 0 atom stereocenters. The lowest BCUT2D eigenvalue weighted by Gasteiger charge is -2.07. The van der Waals surface area contributed by atoms with E-state index in [4.69, 9.17) is 10.7 Å². The van der Waals surface area contributed by atoms with Crippen LogP contribution in [0.2, 0.25) is 0 Å². The Morgan fingerprint density at radius 3 is 2.67 bits per heavy atom. The predicted molar refractivity (Wildman–Crippen MR) is 79.5 cm³/mol. The van der Waals surface area contributed by atoms with Gasteiger partial charge in [0.1, 0.15) is 0 Å². The SMILES string of the molecule is CCn1c(-c2cccc3cccnc23)nnc1S(=O)(=O)Cl. The number of fused-ring (bicyclic) bond motifs is 1. The van der Waals surface area contributed by atoms with Crippen LogP contribution in [-0.4, -0.2) is 28.2 Å². The average molecular weight is 323 g/mol. The summed E-state index contributed by atoms with van der Waals surface area (Å²) in [5.41, 5.74) is 1.45. The van der Waals surface area contributed by atoms with Crippen molar-refractivity contribution in [3.63, 3.8) is 0 Å². The fourth-order valence-electron chi connectivity index (χ4n) is 2.24. The molecule has 1 aromatic carbocycles. The van der Waals surface area contributed by atoms with Gasteiger partial charge < -0.3 is 0 Å². The third-order valence-corrected chi connectivity index (χ3v) is 4.28. The van der Waals surface area contributed by atoms with E-state index in [1.54, 1.807) is 13.1 Å². The van der Waals surface area contributed by atoms with Crippen molar-refractivity contribution in [1.29, 1.82) is 0 Å². The summed E-state index contributed by atoms with van der Waals surface area (Å²) in [6, 6.07) is 9.39. The highest BCUT2D eigenvalue weighted by atomic mass is 35.7. The van der Waals surface area contributed by atoms with Gasteiger partial charge in [0, 0.05) is 34.4 Å². The maximum atomic E-state index is 11.5. The van der Waals surface area contributed by atoms with Gasteiger partial charge in [0.2, 0.25) is 0 Å². The number of halogens is 1. The second-order valence-electron chi connectivity index (χ2n) is 4.37. The van der Waals surface area contributed by atoms with Crippen molar-refractivity contribution in [2.24, 2.45) is 0 Å². The van der Waals surface area contributed by atoms with Crippen LogP contribution < -0.4 is 0 Å². The molecule has 0 N–H and O–H groups in total. The van der Waals surface area contributed by atoms with Gasteiger partial charge in [-0.1, -0.05) is 18.2 Å². The average Bonchev–Trinajstić information content (AvgIpc) is 2.90. The van der Waals surface area contributed by atoms with Crippen LogP contribution in [0.3, 0.4) is 0 Å². The van der Waals surface area contributed by atoms with Gasteiger partial charge in [0.15, 0.2) is 5.82 Å². The summed E-state index contributed by atoms with van der Waals surface area (Å²) in [4.78, 5) is 4.34. The zero-order valence-electron chi connectivity index (χ0n) is 11.1. The standard InChI is InChI=1S/C13H11ClN4O2S/c1-2-18-12(16-17-13(18)21(14,19)20)10-7-3-5-9-6-4-8-15-11(9)10/h3-8H,2H2,1H3. The van der Waals surface area contributed by atoms with Gasteiger partial charge >= 0.3 is 0 Å². The molecule has 3 rings (SSSR count). The topological polar surface area (TPSA) is 77.7 Å². The Morgan fingerprint density at radius 2 is 1.95 bits per heavy atom. The third kappa shape index (κ3) is 2.38. The maximum absolute atomic E-state index is 11.5. The van der Waals surface area contributed by atoms with Crippen LogP contribution >= 0.6 is 10.7 Å². The predicted octanol–water partition coefficient (Wildman–Crippen LogP) is 2.44. The van der Waals surface area contributed by atoms with Crippen LogP contribution in [0.1, 0.15) is 6.92 Å². The number of pyridine rings is 1. The minimum atomic E-state index is -3.94. The highest BCUT2D eigenvalue weighted by Crippen LogP contribution is 2.27. The molecule has 0 aliphatic heterocycles. The number of hydrogen-bond donors (Lipinski definition) is 0. The molecule has 8 heteroatoms. The Morgan fingerprint density at radius 1 is 1.19 bits per heavy atom. The summed E-state index contributed by atoms with van der Waals surface area (Å²) >= 11 is 0. The van der Waals surface area contributed by atoms with Gasteiger partial charge in [0.25, 0.3) is 14.2 Å². The minimum absolute atomic E-state index is 0.255. The highest BCUT2D eigenvalue weighted by Gasteiger charge is 2.23. The van der Waals surface area contributed by atoms with Gasteiger partial charge in [-0.2, -0.15) is 0 Å². The smallest absolute Gasteiger partial charge is 0.296 e. The molecular weight excluding hydrogens is 312 g/mol. The number of nitrogens with zero attached hydrogens (tertiary/aromatic N) is 4. The number of benzene rings is 1. The van der Waals surface area contributed by atoms with Crippen molar-refractivity contribution < 1.29 is 8.42 Å². The minimum Gasteiger partial charge on any atom is -0.297 e. The molecule has 0 saturated carbocycles. The molecule has 21 heavy (non-hydrogen) atoms. The second kappa shape index (κ2) is 5.09. The molecular formula is C13H11ClN4O2S. The first-order valence-corrected chi connectivity index (χ1v) is 8.55. The molecule has 2 heterocycles. The van der Waals surface area contributed by atoms with E-state index in [0.29, 0.717) is 17.9 Å². The summed E-state index contributed by atoms with van der Waals surface area (Å²) in [5, 5.41) is 8.38. The van der Waals surface area contributed by atoms with Crippen molar-refractivity contribution >= 4 is 30.6 Å². The fourth-order valence-corrected chi connectivity index (χ4v) is 3.20. The van der Waals surface area contributed by atoms with E-state index in [2.05, 4.69) is 15.2 Å². The molecule has 0 aliphatic rings. The van der Waals surface area contributed by atoms with E-state index in [0.717, 1.165) is 10.9 Å². The first kappa shape index (κ1) is 14.0. The van der Waals surface area contributed by atoms with Crippen molar-refractivity contribution in [3.8, 4) is 11.4 Å². The summed E-state index contributed by atoms with van der Waals surface area (Å²) in [5.74, 6) is 0.432. The van der Waals surface area contributed by atoms with E-state index in [1.807, 2.05) is 30.3 Å². The number of aromatic nitrogens is 4. The van der Waals surface area contributed by atoms with Crippen molar-refractivity contribution in [2.45, 2.75) is 18.6 Å². The van der Waals surface area contributed by atoms with E-state index in [-0.39, 0.29) is 5.16 Å².